The fourth-order valence-corrected chi connectivity index (χ4v) is 4.10. The van der Waals surface area contributed by atoms with Gasteiger partial charge in [0.1, 0.15) is 5.82 Å². The highest BCUT2D eigenvalue weighted by Crippen LogP contribution is 2.39. The van der Waals surface area contributed by atoms with Crippen molar-refractivity contribution in [3.63, 3.8) is 0 Å². The molecule has 4 aromatic rings. The molecule has 5 rings (SSSR count). The predicted octanol–water partition coefficient (Wildman–Crippen LogP) is 6.23. The average Bonchev–Trinajstić information content (AvgIpc) is 3.29. The molecule has 164 valence electrons. The quantitative estimate of drug-likeness (QED) is 0.392. The largest absolute Gasteiger partial charge is 0.334 e. The van der Waals surface area contributed by atoms with E-state index in [2.05, 4.69) is 15.5 Å². The second kappa shape index (κ2) is 8.52. The lowest BCUT2D eigenvalue weighted by atomic mass is 9.94. The smallest absolute Gasteiger partial charge is 0.326 e. The normalized spacial score (nSPS) is 16.2. The minimum atomic E-state index is -0.687. The summed E-state index contributed by atoms with van der Waals surface area (Å²) in [6.07, 6.45) is 0. The maximum Gasteiger partial charge on any atom is 0.326 e. The van der Waals surface area contributed by atoms with Crippen molar-refractivity contribution in [1.82, 2.24) is 15.5 Å². The first-order valence-corrected chi connectivity index (χ1v) is 10.6. The first-order chi connectivity index (χ1) is 16.0. The average molecular weight is 461 g/mol. The van der Waals surface area contributed by atoms with E-state index < -0.39 is 11.9 Å². The molecule has 0 saturated heterocycles. The van der Waals surface area contributed by atoms with Crippen LogP contribution < -0.4 is 10.2 Å². The molecule has 0 fully saturated rings. The molecule has 1 unspecified atom stereocenters. The van der Waals surface area contributed by atoms with Gasteiger partial charge in [0.15, 0.2) is 0 Å². The summed E-state index contributed by atoms with van der Waals surface area (Å²) in [5.41, 5.74) is 3.06. The molecule has 0 bridgehead atoms. The molecule has 1 aliphatic heterocycles. The number of benzene rings is 3. The zero-order valence-electron chi connectivity index (χ0n) is 17.5. The van der Waals surface area contributed by atoms with E-state index in [0.717, 1.165) is 5.56 Å². The summed E-state index contributed by atoms with van der Waals surface area (Å²) in [7, 11) is 0. The molecule has 0 spiro atoms. The third-order valence-electron chi connectivity index (χ3n) is 5.42. The summed E-state index contributed by atoms with van der Waals surface area (Å²) in [6, 6.07) is 21.4. The molecule has 1 N–H and O–H groups in total. The molecular weight excluding hydrogens is 443 g/mol. The highest BCUT2D eigenvalue weighted by atomic mass is 35.5. The van der Waals surface area contributed by atoms with Gasteiger partial charge in [-0.2, -0.15) is 4.98 Å². The minimum absolute atomic E-state index is 0.229. The van der Waals surface area contributed by atoms with Crippen LogP contribution in [0.1, 0.15) is 24.4 Å². The first kappa shape index (κ1) is 20.9. The maximum atomic E-state index is 14.1. The highest BCUT2D eigenvalue weighted by molar-refractivity contribution is 6.31. The number of hydrogen-bond acceptors (Lipinski definition) is 4. The molecule has 0 radical (unpaired) electrons. The molecule has 3 aromatic carbocycles. The number of amides is 2. The Hall–Kier alpha value is -3.97. The third kappa shape index (κ3) is 3.99. The zero-order valence-corrected chi connectivity index (χ0v) is 18.3. The number of nitrogens with zero attached hydrogens (tertiary/aromatic N) is 3. The van der Waals surface area contributed by atoms with Crippen LogP contribution in [-0.4, -0.2) is 16.2 Å². The van der Waals surface area contributed by atoms with Crippen molar-refractivity contribution in [2.24, 2.45) is 0 Å². The van der Waals surface area contributed by atoms with E-state index in [1.54, 1.807) is 43.3 Å². The Bertz CT molecular complexity index is 1370. The molecule has 0 aliphatic carbocycles. The number of carbonyl (C=O) groups excluding carboxylic acids is 1. The van der Waals surface area contributed by atoms with Crippen LogP contribution in [-0.2, 0) is 0 Å². The summed E-state index contributed by atoms with van der Waals surface area (Å²) in [5.74, 6) is 0.231. The van der Waals surface area contributed by atoms with Crippen molar-refractivity contribution in [3.05, 3.63) is 107 Å². The second-order valence-electron chi connectivity index (χ2n) is 7.54. The lowest BCUT2D eigenvalue weighted by molar-refractivity contribution is 0.244. The van der Waals surface area contributed by atoms with Gasteiger partial charge in [-0.3, -0.25) is 4.90 Å². The van der Waals surface area contributed by atoms with Crippen LogP contribution in [0.4, 0.5) is 14.9 Å². The standard InChI is InChI=1S/C25H18ClFN4O2/c1-15-21(24-29-23(30-33-24)16-7-3-2-4-8-16)22(17-9-5-11-19(27)13-17)28-25(32)31(15)20-12-6-10-18(26)14-20/h2-14,22H,1H3,(H,28,32). The molecule has 2 amide bonds. The summed E-state index contributed by atoms with van der Waals surface area (Å²) in [6.45, 7) is 1.79. The van der Waals surface area contributed by atoms with Crippen molar-refractivity contribution < 1.29 is 13.7 Å². The van der Waals surface area contributed by atoms with Gasteiger partial charge in [0.2, 0.25) is 5.82 Å². The van der Waals surface area contributed by atoms with Gasteiger partial charge in [0.25, 0.3) is 5.89 Å². The van der Waals surface area contributed by atoms with Crippen LogP contribution in [0, 0.1) is 5.82 Å². The lowest BCUT2D eigenvalue weighted by Gasteiger charge is -2.35. The van der Waals surface area contributed by atoms with Crippen molar-refractivity contribution in [1.29, 1.82) is 0 Å². The van der Waals surface area contributed by atoms with E-state index in [4.69, 9.17) is 16.1 Å². The van der Waals surface area contributed by atoms with Gasteiger partial charge < -0.3 is 9.84 Å². The first-order valence-electron chi connectivity index (χ1n) is 10.2. The minimum Gasteiger partial charge on any atom is -0.334 e. The Morgan fingerprint density at radius 3 is 2.58 bits per heavy atom. The van der Waals surface area contributed by atoms with Crippen molar-refractivity contribution in [2.75, 3.05) is 4.90 Å². The van der Waals surface area contributed by atoms with Gasteiger partial charge >= 0.3 is 6.03 Å². The van der Waals surface area contributed by atoms with Crippen molar-refractivity contribution in [2.45, 2.75) is 13.0 Å². The van der Waals surface area contributed by atoms with Gasteiger partial charge in [-0.05, 0) is 42.8 Å². The number of aromatic nitrogens is 2. The number of hydrogen-bond donors (Lipinski definition) is 1. The van der Waals surface area contributed by atoms with Gasteiger partial charge in [-0.15, -0.1) is 0 Å². The number of halogens is 2. The van der Waals surface area contributed by atoms with Crippen LogP contribution in [0.3, 0.4) is 0 Å². The van der Waals surface area contributed by atoms with Gasteiger partial charge in [0, 0.05) is 16.3 Å². The molecular formula is C25H18ClFN4O2. The van der Waals surface area contributed by atoms with E-state index in [1.165, 1.54) is 17.0 Å². The number of nitrogens with one attached hydrogen (secondary N) is 1. The van der Waals surface area contributed by atoms with Crippen LogP contribution in [0.2, 0.25) is 5.02 Å². The number of anilines is 1. The summed E-state index contributed by atoms with van der Waals surface area (Å²) < 4.78 is 19.7. The van der Waals surface area contributed by atoms with Gasteiger partial charge in [-0.1, -0.05) is 65.3 Å². The summed E-state index contributed by atoms with van der Waals surface area (Å²) in [4.78, 5) is 19.2. The monoisotopic (exact) mass is 460 g/mol. The van der Waals surface area contributed by atoms with Crippen molar-refractivity contribution in [3.8, 4) is 11.4 Å². The predicted molar refractivity (Wildman–Crippen MR) is 124 cm³/mol. The van der Waals surface area contributed by atoms with Crippen LogP contribution in [0.15, 0.2) is 89.1 Å². The van der Waals surface area contributed by atoms with E-state index in [-0.39, 0.29) is 11.9 Å². The molecule has 1 aliphatic rings. The highest BCUT2D eigenvalue weighted by Gasteiger charge is 2.36. The molecule has 2 heterocycles. The summed E-state index contributed by atoms with van der Waals surface area (Å²) >= 11 is 6.17. The van der Waals surface area contributed by atoms with Crippen molar-refractivity contribution >= 4 is 28.9 Å². The van der Waals surface area contributed by atoms with E-state index in [1.807, 2.05) is 30.3 Å². The van der Waals surface area contributed by atoms with Crippen LogP contribution >= 0.6 is 11.6 Å². The van der Waals surface area contributed by atoms with E-state index in [0.29, 0.717) is 33.4 Å². The molecule has 6 nitrogen and oxygen atoms in total. The van der Waals surface area contributed by atoms with Gasteiger partial charge in [-0.25, -0.2) is 9.18 Å². The molecule has 0 saturated carbocycles. The topological polar surface area (TPSA) is 71.3 Å². The second-order valence-corrected chi connectivity index (χ2v) is 7.98. The third-order valence-corrected chi connectivity index (χ3v) is 5.66. The van der Waals surface area contributed by atoms with Crippen LogP contribution in [0.5, 0.6) is 0 Å². The molecule has 1 atom stereocenters. The number of allylic oxidation sites excluding steroid dienone is 1. The Balaban J connectivity index is 1.67. The Morgan fingerprint density at radius 1 is 1.03 bits per heavy atom. The van der Waals surface area contributed by atoms with E-state index >= 15 is 0 Å². The van der Waals surface area contributed by atoms with Gasteiger partial charge in [0.05, 0.1) is 17.3 Å². The Labute approximate surface area is 194 Å². The summed E-state index contributed by atoms with van der Waals surface area (Å²) in [5, 5.41) is 7.57. The Morgan fingerprint density at radius 2 is 1.82 bits per heavy atom. The van der Waals surface area contributed by atoms with Crippen LogP contribution in [0.25, 0.3) is 17.0 Å². The Kier molecular flexibility index (Phi) is 5.40. The number of rotatable bonds is 4. The fraction of sp³-hybridized carbons (Fsp3) is 0.0800. The lowest BCUT2D eigenvalue weighted by Crippen LogP contribution is -2.46. The molecule has 8 heteroatoms. The maximum absolute atomic E-state index is 14.1. The number of urea groups is 1. The zero-order chi connectivity index (χ0) is 22.9. The molecule has 1 aromatic heterocycles. The SMILES string of the molecule is CC1=C(c2nc(-c3ccccc3)no2)C(c2cccc(F)c2)NC(=O)N1c1cccc(Cl)c1. The molecule has 33 heavy (non-hydrogen) atoms. The fourth-order valence-electron chi connectivity index (χ4n) is 3.92. The van der Waals surface area contributed by atoms with E-state index in [9.17, 15) is 9.18 Å². The number of carbonyl (C=O) groups is 1.